The van der Waals surface area contributed by atoms with Crippen molar-refractivity contribution in [1.29, 1.82) is 0 Å². The first-order valence-electron chi connectivity index (χ1n) is 9.18. The van der Waals surface area contributed by atoms with Crippen molar-refractivity contribution < 1.29 is 18.4 Å². The van der Waals surface area contributed by atoms with Crippen molar-refractivity contribution in [2.24, 2.45) is 0 Å². The van der Waals surface area contributed by atoms with Gasteiger partial charge in [-0.2, -0.15) is 0 Å². The van der Waals surface area contributed by atoms with Crippen molar-refractivity contribution in [1.82, 2.24) is 15.2 Å². The molecular formula is C20H22F2N4O2. The Hall–Kier alpha value is -2.87. The second-order valence-corrected chi connectivity index (χ2v) is 6.77. The van der Waals surface area contributed by atoms with Gasteiger partial charge >= 0.3 is 0 Å². The number of amides is 2. The summed E-state index contributed by atoms with van der Waals surface area (Å²) in [7, 11) is 0. The van der Waals surface area contributed by atoms with Crippen molar-refractivity contribution in [3.8, 4) is 0 Å². The minimum absolute atomic E-state index is 0.0639. The molecule has 2 heterocycles. The summed E-state index contributed by atoms with van der Waals surface area (Å²) in [6.07, 6.45) is 5.65. The largest absolute Gasteiger partial charge is 0.351 e. The number of carbonyl (C=O) groups excluding carboxylic acids is 2. The molecule has 1 saturated heterocycles. The van der Waals surface area contributed by atoms with E-state index in [0.29, 0.717) is 19.5 Å². The number of hydrogen-bond acceptors (Lipinski definition) is 4. The van der Waals surface area contributed by atoms with Crippen molar-refractivity contribution in [3.63, 3.8) is 0 Å². The van der Waals surface area contributed by atoms with Crippen LogP contribution >= 0.6 is 0 Å². The van der Waals surface area contributed by atoms with Crippen LogP contribution in [0.15, 0.2) is 42.7 Å². The summed E-state index contributed by atoms with van der Waals surface area (Å²) in [6, 6.07) is 6.01. The number of nitrogens with one attached hydrogen (secondary N) is 2. The molecule has 1 aliphatic rings. The van der Waals surface area contributed by atoms with Crippen LogP contribution in [0.5, 0.6) is 0 Å². The van der Waals surface area contributed by atoms with Gasteiger partial charge in [0, 0.05) is 30.7 Å². The smallest absolute Gasteiger partial charge is 0.241 e. The third-order valence-electron chi connectivity index (χ3n) is 4.61. The van der Waals surface area contributed by atoms with Gasteiger partial charge in [-0.3, -0.25) is 19.5 Å². The molecule has 3 rings (SSSR count). The molecular weight excluding hydrogens is 366 g/mol. The van der Waals surface area contributed by atoms with E-state index in [1.54, 1.807) is 23.4 Å². The zero-order valence-electron chi connectivity index (χ0n) is 15.3. The number of pyridine rings is 1. The summed E-state index contributed by atoms with van der Waals surface area (Å²) in [4.78, 5) is 30.7. The number of rotatable bonds is 6. The summed E-state index contributed by atoms with van der Waals surface area (Å²) >= 11 is 0. The van der Waals surface area contributed by atoms with Crippen molar-refractivity contribution in [2.75, 3.05) is 18.4 Å². The van der Waals surface area contributed by atoms with E-state index in [0.717, 1.165) is 36.6 Å². The number of halogens is 2. The number of likely N-dealkylation sites (tertiary alicyclic amines) is 1. The van der Waals surface area contributed by atoms with Gasteiger partial charge in [-0.15, -0.1) is 0 Å². The Labute approximate surface area is 162 Å². The topological polar surface area (TPSA) is 74.3 Å². The number of aromatic nitrogens is 1. The molecule has 0 bridgehead atoms. The highest BCUT2D eigenvalue weighted by Crippen LogP contribution is 2.20. The third kappa shape index (κ3) is 5.56. The Morgan fingerprint density at radius 2 is 1.96 bits per heavy atom. The number of hydrogen-bond donors (Lipinski definition) is 2. The molecule has 148 valence electrons. The lowest BCUT2D eigenvalue weighted by Crippen LogP contribution is -2.50. The standard InChI is InChI=1S/C20H22F2N4O2/c21-15-8-16(22)10-17(9-15)25-20(28)18-5-1-2-7-26(18)13-19(27)24-12-14-4-3-6-23-11-14/h3-4,6,8-11,18H,1-2,5,7,12-13H2,(H,24,27)(H,25,28)/t18-/m0/s1. The zero-order chi connectivity index (χ0) is 19.9. The molecule has 6 nitrogen and oxygen atoms in total. The number of benzene rings is 1. The number of piperidine rings is 1. The van der Waals surface area contributed by atoms with Gasteiger partial charge in [0.2, 0.25) is 11.8 Å². The highest BCUT2D eigenvalue weighted by Gasteiger charge is 2.30. The normalized spacial score (nSPS) is 17.1. The molecule has 8 heteroatoms. The number of carbonyl (C=O) groups is 2. The van der Waals surface area contributed by atoms with Crippen LogP contribution in [0.2, 0.25) is 0 Å². The summed E-state index contributed by atoms with van der Waals surface area (Å²) in [6.45, 7) is 1.05. The molecule has 2 aromatic rings. The third-order valence-corrected chi connectivity index (χ3v) is 4.61. The van der Waals surface area contributed by atoms with Gasteiger partial charge in [-0.1, -0.05) is 12.5 Å². The highest BCUT2D eigenvalue weighted by molar-refractivity contribution is 5.95. The Kier molecular flexibility index (Phi) is 6.65. The average molecular weight is 388 g/mol. The predicted octanol–water partition coefficient (Wildman–Crippen LogP) is 2.47. The summed E-state index contributed by atoms with van der Waals surface area (Å²) in [5, 5.41) is 5.37. The summed E-state index contributed by atoms with van der Waals surface area (Å²) < 4.78 is 26.7. The SMILES string of the molecule is O=C(CN1CCCC[C@H]1C(=O)Nc1cc(F)cc(F)c1)NCc1cccnc1. The molecule has 2 amide bonds. The molecule has 28 heavy (non-hydrogen) atoms. The number of anilines is 1. The molecule has 0 radical (unpaired) electrons. The van der Waals surface area contributed by atoms with E-state index in [1.165, 1.54) is 0 Å². The first kappa shape index (κ1) is 19.9. The minimum Gasteiger partial charge on any atom is -0.351 e. The van der Waals surface area contributed by atoms with Gasteiger partial charge < -0.3 is 10.6 Å². The lowest BCUT2D eigenvalue weighted by Gasteiger charge is -2.34. The lowest BCUT2D eigenvalue weighted by atomic mass is 10.0. The average Bonchev–Trinajstić information content (AvgIpc) is 2.67. The van der Waals surface area contributed by atoms with Crippen LogP contribution in [0.4, 0.5) is 14.5 Å². The van der Waals surface area contributed by atoms with Crippen LogP contribution in [0.1, 0.15) is 24.8 Å². The molecule has 0 aliphatic carbocycles. The van der Waals surface area contributed by atoms with E-state index < -0.39 is 17.7 Å². The molecule has 1 aliphatic heterocycles. The fourth-order valence-electron chi connectivity index (χ4n) is 3.27. The molecule has 0 spiro atoms. The summed E-state index contributed by atoms with van der Waals surface area (Å²) in [5.74, 6) is -2.08. The van der Waals surface area contributed by atoms with Crippen molar-refractivity contribution >= 4 is 17.5 Å². The van der Waals surface area contributed by atoms with Crippen LogP contribution in [-0.2, 0) is 16.1 Å². The maximum absolute atomic E-state index is 13.3. The van der Waals surface area contributed by atoms with E-state index in [2.05, 4.69) is 15.6 Å². The van der Waals surface area contributed by atoms with E-state index >= 15 is 0 Å². The Morgan fingerprint density at radius 1 is 1.18 bits per heavy atom. The van der Waals surface area contributed by atoms with Crippen LogP contribution in [0, 0.1) is 11.6 Å². The monoisotopic (exact) mass is 388 g/mol. The van der Waals surface area contributed by atoms with Crippen molar-refractivity contribution in [3.05, 3.63) is 59.9 Å². The summed E-state index contributed by atoms with van der Waals surface area (Å²) in [5.41, 5.74) is 0.950. The first-order chi connectivity index (χ1) is 13.5. The van der Waals surface area contributed by atoms with Crippen LogP contribution in [-0.4, -0.2) is 40.8 Å². The molecule has 1 fully saturated rings. The van der Waals surface area contributed by atoms with E-state index in [9.17, 15) is 18.4 Å². The van der Waals surface area contributed by atoms with E-state index in [-0.39, 0.29) is 24.0 Å². The van der Waals surface area contributed by atoms with Gasteiger partial charge in [-0.05, 0) is 43.1 Å². The van der Waals surface area contributed by atoms with Crippen LogP contribution in [0.25, 0.3) is 0 Å². The predicted molar refractivity (Wildman–Crippen MR) is 100 cm³/mol. The zero-order valence-corrected chi connectivity index (χ0v) is 15.3. The Balaban J connectivity index is 1.58. The molecule has 1 atom stereocenters. The van der Waals surface area contributed by atoms with Gasteiger partial charge in [0.1, 0.15) is 11.6 Å². The van der Waals surface area contributed by atoms with Crippen molar-refractivity contribution in [2.45, 2.75) is 31.8 Å². The molecule has 2 N–H and O–H groups in total. The Bertz CT molecular complexity index is 812. The van der Waals surface area contributed by atoms with Gasteiger partial charge in [0.15, 0.2) is 0 Å². The Morgan fingerprint density at radius 3 is 2.68 bits per heavy atom. The highest BCUT2D eigenvalue weighted by atomic mass is 19.1. The van der Waals surface area contributed by atoms with Crippen LogP contribution in [0.3, 0.4) is 0 Å². The van der Waals surface area contributed by atoms with Gasteiger partial charge in [0.05, 0.1) is 12.6 Å². The van der Waals surface area contributed by atoms with E-state index in [4.69, 9.17) is 0 Å². The molecule has 1 aromatic heterocycles. The minimum atomic E-state index is -0.759. The second-order valence-electron chi connectivity index (χ2n) is 6.77. The second kappa shape index (κ2) is 9.36. The maximum Gasteiger partial charge on any atom is 0.241 e. The quantitative estimate of drug-likeness (QED) is 0.797. The molecule has 0 unspecified atom stereocenters. The lowest BCUT2D eigenvalue weighted by molar-refractivity contribution is -0.127. The fourth-order valence-corrected chi connectivity index (χ4v) is 3.27. The molecule has 1 aromatic carbocycles. The van der Waals surface area contributed by atoms with Gasteiger partial charge in [-0.25, -0.2) is 8.78 Å². The molecule has 0 saturated carbocycles. The maximum atomic E-state index is 13.3. The van der Waals surface area contributed by atoms with Crippen LogP contribution < -0.4 is 10.6 Å². The first-order valence-corrected chi connectivity index (χ1v) is 9.18. The van der Waals surface area contributed by atoms with Gasteiger partial charge in [0.25, 0.3) is 0 Å². The van der Waals surface area contributed by atoms with E-state index in [1.807, 2.05) is 6.07 Å². The fraction of sp³-hybridized carbons (Fsp3) is 0.350. The number of nitrogens with zero attached hydrogens (tertiary/aromatic N) is 2.